The number of carbonyl (C=O) groups excluding carboxylic acids is 1. The molecule has 6 atom stereocenters. The van der Waals surface area contributed by atoms with E-state index < -0.39 is 63.1 Å². The first-order valence-corrected chi connectivity index (χ1v) is 26.2. The molecule has 0 aliphatic heterocycles. The van der Waals surface area contributed by atoms with Crippen LogP contribution in [0.25, 0.3) is 0 Å². The molecule has 0 aromatic rings. The molecule has 0 radical (unpaired) electrons. The number of allylic oxidation sites excluding steroid dienone is 4. The van der Waals surface area contributed by atoms with Gasteiger partial charge in [0.05, 0.1) is 13.2 Å². The van der Waals surface area contributed by atoms with E-state index in [4.69, 9.17) is 18.5 Å². The van der Waals surface area contributed by atoms with Gasteiger partial charge in [-0.1, -0.05) is 186 Å². The molecule has 13 heteroatoms. The van der Waals surface area contributed by atoms with Gasteiger partial charge in [-0.25, -0.2) is 4.57 Å². The zero-order valence-electron chi connectivity index (χ0n) is 38.5. The summed E-state index contributed by atoms with van der Waals surface area (Å²) in [6, 6.07) is 0. The number of unbranched alkanes of at least 4 members (excludes halogenated alkanes) is 26. The van der Waals surface area contributed by atoms with Crippen LogP contribution in [0.5, 0.6) is 0 Å². The molecule has 61 heavy (non-hydrogen) atoms. The van der Waals surface area contributed by atoms with Crippen molar-refractivity contribution in [2.75, 3.05) is 19.8 Å². The fourth-order valence-electron chi connectivity index (χ4n) is 7.62. The van der Waals surface area contributed by atoms with E-state index in [0.717, 1.165) is 44.9 Å². The monoisotopic (exact) mass is 891 g/mol. The fourth-order valence-corrected chi connectivity index (χ4v) is 8.59. The topological polar surface area (TPSA) is 192 Å². The zero-order chi connectivity index (χ0) is 44.8. The van der Waals surface area contributed by atoms with Crippen LogP contribution in [-0.2, 0) is 27.9 Å². The molecule has 1 fully saturated rings. The van der Waals surface area contributed by atoms with Crippen molar-refractivity contribution in [1.29, 1.82) is 0 Å². The van der Waals surface area contributed by atoms with Gasteiger partial charge in [0.2, 0.25) is 0 Å². The minimum Gasteiger partial charge on any atom is -0.457 e. The van der Waals surface area contributed by atoms with Gasteiger partial charge in [0, 0.05) is 13.0 Å². The van der Waals surface area contributed by atoms with Crippen molar-refractivity contribution in [1.82, 2.24) is 0 Å². The van der Waals surface area contributed by atoms with Crippen LogP contribution in [-0.4, -0.2) is 98.9 Å². The number of esters is 1. The summed E-state index contributed by atoms with van der Waals surface area (Å²) < 4.78 is 34.2. The number of ether oxygens (including phenoxy) is 2. The van der Waals surface area contributed by atoms with Crippen LogP contribution >= 0.6 is 7.82 Å². The first kappa shape index (κ1) is 57.8. The van der Waals surface area contributed by atoms with Crippen molar-refractivity contribution in [2.45, 2.75) is 256 Å². The highest BCUT2D eigenvalue weighted by atomic mass is 31.2. The van der Waals surface area contributed by atoms with Gasteiger partial charge in [0.15, 0.2) is 0 Å². The summed E-state index contributed by atoms with van der Waals surface area (Å²) >= 11 is 0. The molecule has 1 aliphatic rings. The third kappa shape index (κ3) is 31.4. The molecule has 0 saturated heterocycles. The van der Waals surface area contributed by atoms with Crippen molar-refractivity contribution in [3.05, 3.63) is 24.3 Å². The van der Waals surface area contributed by atoms with Crippen LogP contribution in [0.15, 0.2) is 24.3 Å². The molecule has 0 heterocycles. The highest BCUT2D eigenvalue weighted by molar-refractivity contribution is 7.47. The maximum atomic E-state index is 12.8. The molecule has 0 bridgehead atoms. The lowest BCUT2D eigenvalue weighted by Crippen LogP contribution is -2.64. The van der Waals surface area contributed by atoms with E-state index >= 15 is 0 Å². The molecule has 1 aliphatic carbocycles. The molecular formula is C48H91O12P. The second kappa shape index (κ2) is 39.2. The summed E-state index contributed by atoms with van der Waals surface area (Å²) in [5.74, 6) is -0.477. The van der Waals surface area contributed by atoms with E-state index in [1.165, 1.54) is 141 Å². The Morgan fingerprint density at radius 2 is 0.918 bits per heavy atom. The highest BCUT2D eigenvalue weighted by Crippen LogP contribution is 2.47. The molecule has 12 nitrogen and oxygen atoms in total. The van der Waals surface area contributed by atoms with E-state index in [1.54, 1.807) is 0 Å². The van der Waals surface area contributed by atoms with Gasteiger partial charge < -0.3 is 39.9 Å². The van der Waals surface area contributed by atoms with Crippen molar-refractivity contribution in [3.63, 3.8) is 0 Å². The third-order valence-electron chi connectivity index (χ3n) is 11.6. The van der Waals surface area contributed by atoms with E-state index in [9.17, 15) is 39.8 Å². The number of phosphoric acid groups is 1. The van der Waals surface area contributed by atoms with Crippen LogP contribution in [0, 0.1) is 0 Å². The second-order valence-corrected chi connectivity index (χ2v) is 18.7. The Labute approximate surface area is 370 Å². The Hall–Kier alpha value is -1.18. The minimum atomic E-state index is -5.01. The largest absolute Gasteiger partial charge is 0.472 e. The average Bonchev–Trinajstić information content (AvgIpc) is 3.24. The van der Waals surface area contributed by atoms with Gasteiger partial charge in [-0.3, -0.25) is 13.8 Å². The van der Waals surface area contributed by atoms with Gasteiger partial charge in [0.1, 0.15) is 42.7 Å². The van der Waals surface area contributed by atoms with Gasteiger partial charge in [-0.2, -0.15) is 0 Å². The molecule has 0 amide bonds. The van der Waals surface area contributed by atoms with Crippen molar-refractivity contribution >= 4 is 13.8 Å². The van der Waals surface area contributed by atoms with Crippen LogP contribution in [0.4, 0.5) is 0 Å². The number of aliphatic hydroxyl groups excluding tert-OH is 5. The number of hydrogen-bond acceptors (Lipinski definition) is 11. The number of aliphatic hydroxyl groups is 5. The number of phosphoric ester groups is 1. The summed E-state index contributed by atoms with van der Waals surface area (Å²) in [5, 5.41) is 50.2. The summed E-state index contributed by atoms with van der Waals surface area (Å²) in [5.41, 5.74) is 0. The SMILES string of the molecule is CCCCCCC/C=C\C/C=C\CCCCCCCCCCCCCC(=O)OC(COCCCCCCCCCCCCC)COP(=O)(O)OC1C(O)C(O)C(O)C(O)C1O. The molecule has 1 rings (SSSR count). The second-order valence-electron chi connectivity index (χ2n) is 17.3. The lowest BCUT2D eigenvalue weighted by molar-refractivity contribution is -0.220. The van der Waals surface area contributed by atoms with Crippen molar-refractivity contribution < 1.29 is 58.3 Å². The van der Waals surface area contributed by atoms with Crippen LogP contribution in [0.3, 0.4) is 0 Å². The fraction of sp³-hybridized carbons (Fsp3) is 0.896. The molecule has 0 spiro atoms. The minimum absolute atomic E-state index is 0.0733. The lowest BCUT2D eigenvalue weighted by Gasteiger charge is -2.41. The summed E-state index contributed by atoms with van der Waals surface area (Å²) in [6.45, 7) is 4.26. The Bertz CT molecular complexity index is 1110. The average molecular weight is 891 g/mol. The summed E-state index contributed by atoms with van der Waals surface area (Å²) in [6.07, 6.45) is 32.5. The molecule has 0 aromatic heterocycles. The van der Waals surface area contributed by atoms with Crippen molar-refractivity contribution in [2.24, 2.45) is 0 Å². The number of hydrogen-bond donors (Lipinski definition) is 6. The summed E-state index contributed by atoms with van der Waals surface area (Å²) in [4.78, 5) is 23.2. The Morgan fingerprint density at radius 3 is 1.38 bits per heavy atom. The van der Waals surface area contributed by atoms with E-state index in [1.807, 2.05) is 0 Å². The first-order valence-electron chi connectivity index (χ1n) is 24.7. The van der Waals surface area contributed by atoms with Gasteiger partial charge in [-0.15, -0.1) is 0 Å². The lowest BCUT2D eigenvalue weighted by atomic mass is 9.85. The molecule has 6 unspecified atom stereocenters. The quantitative estimate of drug-likeness (QED) is 0.0147. The number of rotatable bonds is 42. The van der Waals surface area contributed by atoms with Gasteiger partial charge >= 0.3 is 13.8 Å². The Morgan fingerprint density at radius 1 is 0.525 bits per heavy atom. The zero-order valence-corrected chi connectivity index (χ0v) is 39.4. The number of carbonyl (C=O) groups is 1. The van der Waals surface area contributed by atoms with Gasteiger partial charge in [-0.05, 0) is 44.9 Å². The summed E-state index contributed by atoms with van der Waals surface area (Å²) in [7, 11) is -5.01. The predicted molar refractivity (Wildman–Crippen MR) is 244 cm³/mol. The molecule has 0 aromatic carbocycles. The van der Waals surface area contributed by atoms with Crippen LogP contribution in [0.1, 0.15) is 213 Å². The van der Waals surface area contributed by atoms with E-state index in [-0.39, 0.29) is 13.0 Å². The normalized spacial score (nSPS) is 22.3. The third-order valence-corrected chi connectivity index (χ3v) is 12.6. The van der Waals surface area contributed by atoms with Gasteiger partial charge in [0.25, 0.3) is 0 Å². The Kier molecular flexibility index (Phi) is 37.2. The first-order chi connectivity index (χ1) is 29.5. The van der Waals surface area contributed by atoms with Crippen LogP contribution in [0.2, 0.25) is 0 Å². The van der Waals surface area contributed by atoms with Crippen molar-refractivity contribution in [3.8, 4) is 0 Å². The van der Waals surface area contributed by atoms with E-state index in [0.29, 0.717) is 13.0 Å². The highest BCUT2D eigenvalue weighted by Gasteiger charge is 2.51. The van der Waals surface area contributed by atoms with Crippen LogP contribution < -0.4 is 0 Å². The standard InChI is InChI=1S/C48H91O12P/c1-3-5-7-9-11-13-15-16-17-18-19-20-21-22-23-24-25-26-27-29-31-33-35-37-42(49)59-41(39-57-38-36-34-32-30-28-14-12-10-8-6-4-2)40-58-61(55,56)60-48-46(53)44(51)43(50)45(52)47(48)54/h15-16,18-19,41,43-48,50-54H,3-14,17,20-40H2,1-2H3,(H,55,56)/b16-15-,19-18-. The maximum Gasteiger partial charge on any atom is 0.472 e. The maximum absolute atomic E-state index is 12.8. The molecule has 360 valence electrons. The predicted octanol–water partition coefficient (Wildman–Crippen LogP) is 10.5. The Balaban J connectivity index is 2.30. The molecular weight excluding hydrogens is 799 g/mol. The van der Waals surface area contributed by atoms with E-state index in [2.05, 4.69) is 38.2 Å². The molecule has 6 N–H and O–H groups in total. The molecule has 1 saturated carbocycles. The smallest absolute Gasteiger partial charge is 0.457 e.